The molecular weight excluding hydrogens is 593 g/mol. The molecule has 0 aliphatic heterocycles. The number of allylic oxidation sites excluding steroid dienone is 3. The molecule has 10 aromatic rings. The van der Waals surface area contributed by atoms with E-state index in [0.29, 0.717) is 0 Å². The Balaban J connectivity index is 1.19. The molecule has 0 fully saturated rings. The highest BCUT2D eigenvalue weighted by Crippen LogP contribution is 2.40. The van der Waals surface area contributed by atoms with Crippen molar-refractivity contribution in [3.05, 3.63) is 170 Å². The molecular formula is C47H32N2. The topological polar surface area (TPSA) is 9.86 Å². The van der Waals surface area contributed by atoms with E-state index in [4.69, 9.17) is 0 Å². The van der Waals surface area contributed by atoms with Crippen molar-refractivity contribution in [3.63, 3.8) is 0 Å². The molecule has 2 nitrogen and oxygen atoms in total. The van der Waals surface area contributed by atoms with Gasteiger partial charge in [0.25, 0.3) is 0 Å². The van der Waals surface area contributed by atoms with Crippen molar-refractivity contribution >= 4 is 81.6 Å². The van der Waals surface area contributed by atoms with Crippen LogP contribution in [0.3, 0.4) is 0 Å². The fourth-order valence-corrected chi connectivity index (χ4v) is 8.23. The van der Waals surface area contributed by atoms with Crippen LogP contribution in [-0.4, -0.2) is 9.13 Å². The lowest BCUT2D eigenvalue weighted by molar-refractivity contribution is 1.19. The zero-order valence-corrected chi connectivity index (χ0v) is 27.2. The molecule has 2 heteroatoms. The molecule has 8 aromatic carbocycles. The number of aromatic nitrogens is 2. The predicted molar refractivity (Wildman–Crippen MR) is 212 cm³/mol. The van der Waals surface area contributed by atoms with Gasteiger partial charge in [-0.15, -0.1) is 0 Å². The van der Waals surface area contributed by atoms with E-state index >= 15 is 0 Å². The first-order chi connectivity index (χ1) is 24.2. The van der Waals surface area contributed by atoms with Crippen LogP contribution in [0.5, 0.6) is 0 Å². The van der Waals surface area contributed by atoms with Gasteiger partial charge in [-0.25, -0.2) is 0 Å². The summed E-state index contributed by atoms with van der Waals surface area (Å²) in [6.07, 6.45) is 4.06. The second kappa shape index (κ2) is 10.6. The molecule has 0 amide bonds. The first-order valence-electron chi connectivity index (χ1n) is 16.9. The third-order valence-electron chi connectivity index (χ3n) is 10.4. The van der Waals surface area contributed by atoms with Crippen molar-refractivity contribution in [3.8, 4) is 16.8 Å². The van der Waals surface area contributed by atoms with E-state index in [0.717, 1.165) is 5.70 Å². The molecule has 0 unspecified atom stereocenters. The number of para-hydroxylation sites is 2. The fraction of sp³-hybridized carbons (Fsp3) is 0.0213. The van der Waals surface area contributed by atoms with Crippen LogP contribution in [0.1, 0.15) is 6.92 Å². The third-order valence-corrected chi connectivity index (χ3v) is 10.4. The van der Waals surface area contributed by atoms with Crippen molar-refractivity contribution in [2.75, 3.05) is 0 Å². The molecule has 230 valence electrons. The largest absolute Gasteiger partial charge is 0.310 e. The maximum Gasteiger partial charge on any atom is 0.0541 e. The predicted octanol–water partition coefficient (Wildman–Crippen LogP) is 13.1. The maximum absolute atomic E-state index is 4.09. The number of fused-ring (bicyclic) bond motifs is 12. The minimum atomic E-state index is 1.09. The molecule has 10 rings (SSSR count). The van der Waals surface area contributed by atoms with E-state index in [2.05, 4.69) is 180 Å². The summed E-state index contributed by atoms with van der Waals surface area (Å²) in [4.78, 5) is 0. The summed E-state index contributed by atoms with van der Waals surface area (Å²) >= 11 is 0. The molecule has 0 aliphatic rings. The Kier molecular flexibility index (Phi) is 5.97. The molecule has 0 aliphatic carbocycles. The van der Waals surface area contributed by atoms with E-state index in [1.807, 2.05) is 6.08 Å². The summed E-state index contributed by atoms with van der Waals surface area (Å²) in [6, 6.07) is 55.8. The lowest BCUT2D eigenvalue weighted by Crippen LogP contribution is -1.94. The molecule has 2 aromatic heterocycles. The van der Waals surface area contributed by atoms with E-state index in [1.165, 1.54) is 92.7 Å². The average Bonchev–Trinajstić information content (AvgIpc) is 3.68. The second-order valence-electron chi connectivity index (χ2n) is 12.9. The van der Waals surface area contributed by atoms with Gasteiger partial charge < -0.3 is 9.13 Å². The second-order valence-corrected chi connectivity index (χ2v) is 12.9. The van der Waals surface area contributed by atoms with Gasteiger partial charge in [-0.1, -0.05) is 116 Å². The van der Waals surface area contributed by atoms with Crippen molar-refractivity contribution in [1.82, 2.24) is 9.13 Å². The molecule has 0 bridgehead atoms. The summed E-state index contributed by atoms with van der Waals surface area (Å²) in [7, 11) is 0. The number of hydrogen-bond acceptors (Lipinski definition) is 0. The minimum Gasteiger partial charge on any atom is -0.310 e. The van der Waals surface area contributed by atoms with Gasteiger partial charge >= 0.3 is 0 Å². The molecule has 49 heavy (non-hydrogen) atoms. The van der Waals surface area contributed by atoms with E-state index in [-0.39, 0.29) is 0 Å². The molecule has 0 spiro atoms. The minimum absolute atomic E-state index is 1.09. The Bertz CT molecular complexity index is 2980. The Hall–Kier alpha value is -6.38. The van der Waals surface area contributed by atoms with Gasteiger partial charge in [-0.05, 0) is 105 Å². The highest BCUT2D eigenvalue weighted by atomic mass is 15.0. The highest BCUT2D eigenvalue weighted by molar-refractivity contribution is 6.25. The van der Waals surface area contributed by atoms with Gasteiger partial charge in [0.15, 0.2) is 0 Å². The SMILES string of the molecule is C=C/C(=C\C)n1c2ccccc2c2cc(-c3ccc4c(c3)c3ccccc3n4-c3ccc4c5ccccc5c5ccccc5c4c3)ccc21. The van der Waals surface area contributed by atoms with Crippen molar-refractivity contribution in [1.29, 1.82) is 0 Å². The molecule has 0 atom stereocenters. The normalized spacial score (nSPS) is 12.4. The lowest BCUT2D eigenvalue weighted by atomic mass is 9.94. The van der Waals surface area contributed by atoms with Crippen LogP contribution >= 0.6 is 0 Å². The zero-order valence-electron chi connectivity index (χ0n) is 27.2. The van der Waals surface area contributed by atoms with Gasteiger partial charge in [-0.3, -0.25) is 0 Å². The molecule has 0 saturated heterocycles. The number of benzene rings is 8. The summed E-state index contributed by atoms with van der Waals surface area (Å²) in [5.74, 6) is 0. The van der Waals surface area contributed by atoms with Crippen molar-refractivity contribution in [2.45, 2.75) is 6.92 Å². The smallest absolute Gasteiger partial charge is 0.0541 e. The standard InChI is InChI=1S/C47H32N2/c1-3-32(4-2)48-44-19-11-9-17-39(44)42-27-30(21-25-46(42)48)31-22-26-47-43(28-31)40-18-10-12-20-45(40)49(47)33-23-24-38-36-15-6-5-13-34(36)35-14-7-8-16-37(35)41(38)29-33/h3-29H,1H2,2H3/b32-4+. The van der Waals surface area contributed by atoms with E-state index in [9.17, 15) is 0 Å². The molecule has 2 heterocycles. The van der Waals surface area contributed by atoms with Crippen LogP contribution in [0.25, 0.3) is 98.4 Å². The van der Waals surface area contributed by atoms with Gasteiger partial charge in [0, 0.05) is 32.9 Å². The summed E-state index contributed by atoms with van der Waals surface area (Å²) < 4.78 is 4.75. The Labute approximate surface area is 284 Å². The lowest BCUT2D eigenvalue weighted by Gasteiger charge is -2.14. The Morgan fingerprint density at radius 1 is 0.429 bits per heavy atom. The summed E-state index contributed by atoms with van der Waals surface area (Å²) in [5.41, 5.74) is 9.46. The van der Waals surface area contributed by atoms with Crippen LogP contribution in [0.15, 0.2) is 170 Å². The third kappa shape index (κ3) is 3.95. The fourth-order valence-electron chi connectivity index (χ4n) is 8.23. The molecule has 0 N–H and O–H groups in total. The quantitative estimate of drug-likeness (QED) is 0.136. The van der Waals surface area contributed by atoms with E-state index in [1.54, 1.807) is 0 Å². The van der Waals surface area contributed by atoms with Crippen LogP contribution in [0.2, 0.25) is 0 Å². The summed E-state index contributed by atoms with van der Waals surface area (Å²) in [6.45, 7) is 6.16. The first kappa shape index (κ1) is 27.7. The Morgan fingerprint density at radius 3 is 1.49 bits per heavy atom. The number of hydrogen-bond donors (Lipinski definition) is 0. The van der Waals surface area contributed by atoms with Gasteiger partial charge in [-0.2, -0.15) is 0 Å². The van der Waals surface area contributed by atoms with Gasteiger partial charge in [0.05, 0.1) is 22.1 Å². The Morgan fingerprint density at radius 2 is 0.878 bits per heavy atom. The number of rotatable bonds is 4. The average molecular weight is 625 g/mol. The van der Waals surface area contributed by atoms with Gasteiger partial charge in [0.2, 0.25) is 0 Å². The summed E-state index contributed by atoms with van der Waals surface area (Å²) in [5, 5.41) is 12.7. The maximum atomic E-state index is 4.09. The van der Waals surface area contributed by atoms with Crippen molar-refractivity contribution < 1.29 is 0 Å². The van der Waals surface area contributed by atoms with Crippen LogP contribution in [0, 0.1) is 0 Å². The monoisotopic (exact) mass is 624 g/mol. The number of nitrogens with zero attached hydrogens (tertiary/aromatic N) is 2. The molecule has 0 radical (unpaired) electrons. The van der Waals surface area contributed by atoms with Gasteiger partial charge in [0.1, 0.15) is 0 Å². The van der Waals surface area contributed by atoms with Crippen LogP contribution in [0.4, 0.5) is 0 Å². The van der Waals surface area contributed by atoms with Crippen molar-refractivity contribution in [2.24, 2.45) is 0 Å². The first-order valence-corrected chi connectivity index (χ1v) is 16.9. The van der Waals surface area contributed by atoms with Crippen LogP contribution < -0.4 is 0 Å². The zero-order chi connectivity index (χ0) is 32.6. The van der Waals surface area contributed by atoms with E-state index < -0.39 is 0 Å². The highest BCUT2D eigenvalue weighted by Gasteiger charge is 2.17. The van der Waals surface area contributed by atoms with Crippen LogP contribution in [-0.2, 0) is 0 Å². The molecule has 0 saturated carbocycles.